The molecule has 0 bridgehead atoms. The van der Waals surface area contributed by atoms with E-state index in [-0.39, 0.29) is 6.61 Å². The maximum atomic E-state index is 11.4. The lowest BCUT2D eigenvalue weighted by Crippen LogP contribution is -2.19. The van der Waals surface area contributed by atoms with E-state index in [0.717, 1.165) is 0 Å². The first-order valence-corrected chi connectivity index (χ1v) is 4.58. The summed E-state index contributed by atoms with van der Waals surface area (Å²) in [5.41, 5.74) is 6.74. The van der Waals surface area contributed by atoms with Crippen molar-refractivity contribution in [1.82, 2.24) is 9.78 Å². The van der Waals surface area contributed by atoms with Crippen LogP contribution in [0, 0.1) is 0 Å². The fraction of sp³-hybridized carbons (Fsp3) is 0.556. The van der Waals surface area contributed by atoms with Crippen molar-refractivity contribution < 1.29 is 14.6 Å². The van der Waals surface area contributed by atoms with E-state index in [1.54, 1.807) is 7.05 Å². The van der Waals surface area contributed by atoms with Crippen LogP contribution in [0.15, 0.2) is 6.20 Å². The first-order chi connectivity index (χ1) is 7.11. The highest BCUT2D eigenvalue weighted by atomic mass is 16.5. The van der Waals surface area contributed by atoms with Crippen molar-refractivity contribution in [2.75, 3.05) is 13.7 Å². The van der Waals surface area contributed by atoms with Gasteiger partial charge in [0.25, 0.3) is 0 Å². The van der Waals surface area contributed by atoms with Crippen LogP contribution in [0.4, 0.5) is 0 Å². The van der Waals surface area contributed by atoms with E-state index in [0.29, 0.717) is 17.7 Å². The normalized spacial score (nSPS) is 12.5. The van der Waals surface area contributed by atoms with E-state index >= 15 is 0 Å². The Morgan fingerprint density at radius 3 is 3.00 bits per heavy atom. The molecule has 0 fully saturated rings. The quantitative estimate of drug-likeness (QED) is 0.663. The second kappa shape index (κ2) is 4.90. The number of hydrogen-bond acceptors (Lipinski definition) is 5. The first kappa shape index (κ1) is 11.7. The van der Waals surface area contributed by atoms with E-state index in [9.17, 15) is 4.79 Å². The van der Waals surface area contributed by atoms with Crippen LogP contribution < -0.4 is 5.73 Å². The zero-order valence-corrected chi connectivity index (χ0v) is 8.80. The zero-order chi connectivity index (χ0) is 11.4. The molecule has 1 aromatic rings. The first-order valence-electron chi connectivity index (χ1n) is 4.58. The van der Waals surface area contributed by atoms with Crippen LogP contribution in [0.2, 0.25) is 0 Å². The number of carbonyl (C=O) groups excluding carboxylic acids is 1. The maximum absolute atomic E-state index is 11.4. The largest absolute Gasteiger partial charge is 0.465 e. The molecule has 0 amide bonds. The molecule has 0 radical (unpaired) electrons. The summed E-state index contributed by atoms with van der Waals surface area (Å²) in [6.45, 7) is -0.0348. The summed E-state index contributed by atoms with van der Waals surface area (Å²) >= 11 is 0. The van der Waals surface area contributed by atoms with E-state index in [1.165, 1.54) is 18.0 Å². The van der Waals surface area contributed by atoms with Crippen LogP contribution in [0.25, 0.3) is 0 Å². The molecule has 1 unspecified atom stereocenters. The summed E-state index contributed by atoms with van der Waals surface area (Å²) in [7, 11) is 3.00. The number of nitrogens with two attached hydrogens (primary N) is 1. The molecule has 0 saturated carbocycles. The highest BCUT2D eigenvalue weighted by Gasteiger charge is 2.21. The lowest BCUT2D eigenvalue weighted by Gasteiger charge is -2.12. The molecule has 84 valence electrons. The number of aliphatic hydroxyl groups excluding tert-OH is 1. The van der Waals surface area contributed by atoms with Gasteiger partial charge in [0.1, 0.15) is 5.56 Å². The molecule has 1 rings (SSSR count). The van der Waals surface area contributed by atoms with E-state index in [1.807, 2.05) is 0 Å². The molecule has 0 saturated heterocycles. The smallest absolute Gasteiger partial charge is 0.341 e. The molecule has 6 nitrogen and oxygen atoms in total. The number of methoxy groups -OCH3 is 1. The molecular formula is C9H15N3O3. The SMILES string of the molecule is COC(=O)c1cnn(C)c1C(N)CCO. The molecular weight excluding hydrogens is 198 g/mol. The van der Waals surface area contributed by atoms with Gasteiger partial charge in [-0.15, -0.1) is 0 Å². The van der Waals surface area contributed by atoms with Gasteiger partial charge in [-0.25, -0.2) is 4.79 Å². The Hall–Kier alpha value is -1.40. The monoisotopic (exact) mass is 213 g/mol. The second-order valence-electron chi connectivity index (χ2n) is 3.18. The van der Waals surface area contributed by atoms with E-state index < -0.39 is 12.0 Å². The molecule has 3 N–H and O–H groups in total. The topological polar surface area (TPSA) is 90.4 Å². The lowest BCUT2D eigenvalue weighted by molar-refractivity contribution is 0.0598. The number of aliphatic hydroxyl groups is 1. The Kier molecular flexibility index (Phi) is 3.81. The Morgan fingerprint density at radius 1 is 1.80 bits per heavy atom. The lowest BCUT2D eigenvalue weighted by atomic mass is 10.1. The van der Waals surface area contributed by atoms with Gasteiger partial charge in [0, 0.05) is 19.7 Å². The average Bonchev–Trinajstić information content (AvgIpc) is 2.59. The van der Waals surface area contributed by atoms with Gasteiger partial charge in [-0.2, -0.15) is 5.10 Å². The fourth-order valence-corrected chi connectivity index (χ4v) is 1.43. The van der Waals surface area contributed by atoms with Gasteiger partial charge < -0.3 is 15.6 Å². The Labute approximate surface area is 87.6 Å². The zero-order valence-electron chi connectivity index (χ0n) is 8.80. The standard InChI is InChI=1S/C9H15N3O3/c1-12-8(7(10)3-4-13)6(5-11-12)9(14)15-2/h5,7,13H,3-4,10H2,1-2H3. The molecule has 6 heteroatoms. The average molecular weight is 213 g/mol. The molecule has 0 aliphatic heterocycles. The summed E-state index contributed by atoms with van der Waals surface area (Å²) in [6.07, 6.45) is 1.79. The van der Waals surface area contributed by atoms with Crippen LogP contribution in [0.5, 0.6) is 0 Å². The number of ether oxygens (including phenoxy) is 1. The number of aromatic nitrogens is 2. The minimum atomic E-state index is -0.466. The minimum absolute atomic E-state index is 0.0348. The van der Waals surface area contributed by atoms with Crippen molar-refractivity contribution in [2.24, 2.45) is 12.8 Å². The Balaban J connectivity index is 3.03. The van der Waals surface area contributed by atoms with Crippen molar-refractivity contribution in [3.05, 3.63) is 17.5 Å². The highest BCUT2D eigenvalue weighted by molar-refractivity contribution is 5.90. The van der Waals surface area contributed by atoms with Gasteiger partial charge in [-0.1, -0.05) is 0 Å². The van der Waals surface area contributed by atoms with Gasteiger partial charge in [-0.05, 0) is 6.42 Å². The van der Waals surface area contributed by atoms with Crippen molar-refractivity contribution >= 4 is 5.97 Å². The van der Waals surface area contributed by atoms with Crippen molar-refractivity contribution in [2.45, 2.75) is 12.5 Å². The molecule has 0 aromatic carbocycles. The summed E-state index contributed by atoms with van der Waals surface area (Å²) in [4.78, 5) is 11.4. The van der Waals surface area contributed by atoms with Crippen LogP contribution in [-0.4, -0.2) is 34.6 Å². The molecule has 1 atom stereocenters. The van der Waals surface area contributed by atoms with Crippen LogP contribution >= 0.6 is 0 Å². The Bertz CT molecular complexity index is 348. The Morgan fingerprint density at radius 2 is 2.47 bits per heavy atom. The molecule has 0 aliphatic rings. The van der Waals surface area contributed by atoms with Crippen molar-refractivity contribution in [3.8, 4) is 0 Å². The third-order valence-corrected chi connectivity index (χ3v) is 2.18. The van der Waals surface area contributed by atoms with E-state index in [2.05, 4.69) is 9.84 Å². The summed E-state index contributed by atoms with van der Waals surface area (Å²) in [5.74, 6) is -0.466. The van der Waals surface area contributed by atoms with E-state index in [4.69, 9.17) is 10.8 Å². The number of esters is 1. The predicted octanol–water partition coefficient (Wildman–Crippen LogP) is -0.411. The fourth-order valence-electron chi connectivity index (χ4n) is 1.43. The highest BCUT2D eigenvalue weighted by Crippen LogP contribution is 2.18. The van der Waals surface area contributed by atoms with Crippen LogP contribution in [-0.2, 0) is 11.8 Å². The second-order valence-corrected chi connectivity index (χ2v) is 3.18. The minimum Gasteiger partial charge on any atom is -0.465 e. The number of rotatable bonds is 4. The number of carbonyl (C=O) groups is 1. The molecule has 1 aromatic heterocycles. The van der Waals surface area contributed by atoms with Crippen LogP contribution in [0.1, 0.15) is 28.5 Å². The van der Waals surface area contributed by atoms with Gasteiger partial charge in [0.2, 0.25) is 0 Å². The molecule has 0 aliphatic carbocycles. The van der Waals surface area contributed by atoms with Gasteiger partial charge in [-0.3, -0.25) is 4.68 Å². The number of hydrogen-bond donors (Lipinski definition) is 2. The number of nitrogens with zero attached hydrogens (tertiary/aromatic N) is 2. The third kappa shape index (κ3) is 2.34. The van der Waals surface area contributed by atoms with Crippen molar-refractivity contribution in [1.29, 1.82) is 0 Å². The number of aryl methyl sites for hydroxylation is 1. The predicted molar refractivity (Wildman–Crippen MR) is 53.2 cm³/mol. The molecule has 15 heavy (non-hydrogen) atoms. The maximum Gasteiger partial charge on any atom is 0.341 e. The summed E-state index contributed by atoms with van der Waals surface area (Å²) < 4.78 is 6.13. The van der Waals surface area contributed by atoms with Gasteiger partial charge in [0.05, 0.1) is 19.0 Å². The summed E-state index contributed by atoms with van der Waals surface area (Å²) in [6, 6.07) is -0.420. The van der Waals surface area contributed by atoms with Gasteiger partial charge >= 0.3 is 5.97 Å². The molecule has 0 spiro atoms. The van der Waals surface area contributed by atoms with Crippen LogP contribution in [0.3, 0.4) is 0 Å². The van der Waals surface area contributed by atoms with Crippen molar-refractivity contribution in [3.63, 3.8) is 0 Å². The van der Waals surface area contributed by atoms with Gasteiger partial charge in [0.15, 0.2) is 0 Å². The molecule has 1 heterocycles. The third-order valence-electron chi connectivity index (χ3n) is 2.18. The summed E-state index contributed by atoms with van der Waals surface area (Å²) in [5, 5.41) is 12.7.